The molecule has 0 spiro atoms. The van der Waals surface area contributed by atoms with Crippen LogP contribution in [0, 0.1) is 10.1 Å². The molecule has 0 fully saturated rings. The van der Waals surface area contributed by atoms with Gasteiger partial charge >= 0.3 is 0 Å². The molecule has 1 rings (SSSR count). The van der Waals surface area contributed by atoms with E-state index in [2.05, 4.69) is 4.84 Å². The van der Waals surface area contributed by atoms with E-state index in [4.69, 9.17) is 11.5 Å². The molecule has 1 aliphatic rings. The highest BCUT2D eigenvalue weighted by Gasteiger charge is 2.28. The Morgan fingerprint density at radius 1 is 1.64 bits per heavy atom. The molecule has 0 bridgehead atoms. The maximum Gasteiger partial charge on any atom is 0.260 e. The molecule has 9 nitrogen and oxygen atoms in total. The van der Waals surface area contributed by atoms with E-state index in [0.29, 0.717) is 5.12 Å². The Hall–Kier alpha value is -1.74. The Kier molecular flexibility index (Phi) is 2.44. The van der Waals surface area contributed by atoms with Gasteiger partial charge in [-0.1, -0.05) is 0 Å². The molecule has 0 aromatic rings. The minimum atomic E-state index is -0.796. The van der Waals surface area contributed by atoms with Gasteiger partial charge in [0.1, 0.15) is 0 Å². The quantitative estimate of drug-likeness (QED) is 0.259. The van der Waals surface area contributed by atoms with Gasteiger partial charge in [-0.2, -0.15) is 0 Å². The third-order valence-corrected chi connectivity index (χ3v) is 0.886. The third kappa shape index (κ3) is 1.39. The Bertz CT molecular complexity index is 200. The van der Waals surface area contributed by atoms with Crippen LogP contribution >= 0.6 is 0 Å². The van der Waals surface area contributed by atoms with Crippen LogP contribution in [0.4, 0.5) is 0 Å². The van der Waals surface area contributed by atoms with Crippen LogP contribution < -0.4 is 23.2 Å². The van der Waals surface area contributed by atoms with Crippen molar-refractivity contribution in [2.75, 3.05) is 0 Å². The topological polar surface area (TPSA) is 155 Å². The fourth-order valence-corrected chi connectivity index (χ4v) is 0.420. The lowest BCUT2D eigenvalue weighted by Crippen LogP contribution is -2.38. The Morgan fingerprint density at radius 3 is 2.36 bits per heavy atom. The summed E-state index contributed by atoms with van der Waals surface area (Å²) in [5.74, 6) is -0.471. The number of hydrogen-bond donors (Lipinski definition) is 4. The highest BCUT2D eigenvalue weighted by atomic mass is 16.8. The molecule has 0 aliphatic carbocycles. The summed E-state index contributed by atoms with van der Waals surface area (Å²) in [5.41, 5.74) is 12.0. The van der Waals surface area contributed by atoms with Gasteiger partial charge in [-0.25, -0.2) is 10.1 Å². The number of rotatable bonds is 1. The second-order valence-corrected chi connectivity index (χ2v) is 1.49. The van der Waals surface area contributed by atoms with Crippen LogP contribution in [-0.4, -0.2) is 10.2 Å². The van der Waals surface area contributed by atoms with Crippen LogP contribution in [0.15, 0.2) is 11.7 Å². The standard InChI is InChI=1S/C2H5N5O3.H3N/c3-1-2(4)10-5-6(1)7(8)9;/h5H,3-4H2;1H3. The molecule has 0 aromatic carbocycles. The molecule has 9 heteroatoms. The average molecular weight is 164 g/mol. The van der Waals surface area contributed by atoms with Crippen molar-refractivity contribution in [2.45, 2.75) is 0 Å². The van der Waals surface area contributed by atoms with Crippen LogP contribution in [0.5, 0.6) is 0 Å². The first-order valence-electron chi connectivity index (χ1n) is 2.25. The number of nitrogens with zero attached hydrogens (tertiary/aromatic N) is 2. The molecule has 0 amide bonds. The first-order valence-corrected chi connectivity index (χ1v) is 2.25. The van der Waals surface area contributed by atoms with Crippen molar-refractivity contribution in [1.29, 1.82) is 0 Å². The predicted octanol–water partition coefficient (Wildman–Crippen LogP) is -1.86. The molecular weight excluding hydrogens is 156 g/mol. The lowest BCUT2D eigenvalue weighted by atomic mass is 10.7. The van der Waals surface area contributed by atoms with Crippen LogP contribution in [0.2, 0.25) is 0 Å². The van der Waals surface area contributed by atoms with Gasteiger partial charge in [0.15, 0.2) is 5.03 Å². The molecule has 0 saturated carbocycles. The zero-order chi connectivity index (χ0) is 7.72. The predicted molar refractivity (Wildman–Crippen MR) is 33.5 cm³/mol. The molecular formula is C2H8N6O3. The van der Waals surface area contributed by atoms with Crippen molar-refractivity contribution >= 4 is 0 Å². The van der Waals surface area contributed by atoms with Crippen molar-refractivity contribution in [3.63, 3.8) is 0 Å². The molecule has 1 aliphatic heterocycles. The van der Waals surface area contributed by atoms with Crippen LogP contribution in [0.25, 0.3) is 0 Å². The molecule has 8 N–H and O–H groups in total. The van der Waals surface area contributed by atoms with Gasteiger partial charge in [-0.05, 0) is 5.59 Å². The van der Waals surface area contributed by atoms with E-state index in [0.717, 1.165) is 0 Å². The number of nitrogens with two attached hydrogens (primary N) is 2. The molecule has 0 atom stereocenters. The van der Waals surface area contributed by atoms with E-state index in [1.54, 1.807) is 0 Å². The maximum atomic E-state index is 9.98. The summed E-state index contributed by atoms with van der Waals surface area (Å²) < 4.78 is 0. The minimum absolute atomic E-state index is 0. The number of nitrogens with one attached hydrogen (secondary N) is 1. The Morgan fingerprint density at radius 2 is 2.18 bits per heavy atom. The summed E-state index contributed by atoms with van der Waals surface area (Å²) in [7, 11) is 0. The Labute approximate surface area is 61.2 Å². The van der Waals surface area contributed by atoms with E-state index >= 15 is 0 Å². The Balaban J connectivity index is 0.000001000. The summed E-state index contributed by atoms with van der Waals surface area (Å²) in [6, 6.07) is 0. The van der Waals surface area contributed by atoms with Gasteiger partial charge in [0.25, 0.3) is 11.7 Å². The number of hydrogen-bond acceptors (Lipinski definition) is 7. The molecule has 11 heavy (non-hydrogen) atoms. The molecule has 1 heterocycles. The summed E-state index contributed by atoms with van der Waals surface area (Å²) >= 11 is 0. The van der Waals surface area contributed by atoms with Crippen LogP contribution in [0.1, 0.15) is 0 Å². The number of hydrazine groups is 2. The van der Waals surface area contributed by atoms with Crippen molar-refractivity contribution < 1.29 is 9.87 Å². The fraction of sp³-hybridized carbons (Fsp3) is 0. The summed E-state index contributed by atoms with van der Waals surface area (Å²) in [5, 5.41) is 9.55. The highest BCUT2D eigenvalue weighted by Crippen LogP contribution is 2.04. The van der Waals surface area contributed by atoms with Crippen molar-refractivity contribution in [1.82, 2.24) is 16.9 Å². The lowest BCUT2D eigenvalue weighted by molar-refractivity contribution is -0.666. The molecule has 0 radical (unpaired) electrons. The molecule has 0 saturated heterocycles. The van der Waals surface area contributed by atoms with E-state index in [1.165, 1.54) is 0 Å². The fourth-order valence-electron chi connectivity index (χ4n) is 0.420. The van der Waals surface area contributed by atoms with Crippen molar-refractivity contribution in [2.24, 2.45) is 11.5 Å². The van der Waals surface area contributed by atoms with Gasteiger partial charge < -0.3 is 22.5 Å². The zero-order valence-corrected chi connectivity index (χ0v) is 5.48. The van der Waals surface area contributed by atoms with Gasteiger partial charge in [-0.3, -0.25) is 0 Å². The van der Waals surface area contributed by atoms with Crippen LogP contribution in [-0.2, 0) is 4.84 Å². The zero-order valence-electron chi connectivity index (χ0n) is 5.48. The van der Waals surface area contributed by atoms with E-state index < -0.39 is 5.03 Å². The molecule has 64 valence electrons. The molecule has 0 unspecified atom stereocenters. The van der Waals surface area contributed by atoms with Gasteiger partial charge in [0.05, 0.1) is 0 Å². The second-order valence-electron chi connectivity index (χ2n) is 1.49. The smallest absolute Gasteiger partial charge is 0.260 e. The summed E-state index contributed by atoms with van der Waals surface area (Å²) in [6.07, 6.45) is 0. The number of nitro groups is 1. The van der Waals surface area contributed by atoms with Crippen LogP contribution in [0.3, 0.4) is 0 Å². The molecule has 0 aromatic heterocycles. The average Bonchev–Trinajstić information content (AvgIpc) is 2.14. The summed E-state index contributed by atoms with van der Waals surface area (Å²) in [6.45, 7) is 0. The maximum absolute atomic E-state index is 9.98. The van der Waals surface area contributed by atoms with Crippen molar-refractivity contribution in [3.05, 3.63) is 21.8 Å². The van der Waals surface area contributed by atoms with Gasteiger partial charge in [0, 0.05) is 5.12 Å². The second kappa shape index (κ2) is 2.90. The first kappa shape index (κ1) is 9.26. The monoisotopic (exact) mass is 164 g/mol. The van der Waals surface area contributed by atoms with Crippen molar-refractivity contribution in [3.8, 4) is 0 Å². The highest BCUT2D eigenvalue weighted by molar-refractivity contribution is 4.98. The SMILES string of the molecule is N.NC1=C(N)N([N+](=O)[O-])NO1. The minimum Gasteiger partial charge on any atom is -0.375 e. The van der Waals surface area contributed by atoms with E-state index in [-0.39, 0.29) is 17.9 Å². The normalized spacial score (nSPS) is 15.8. The third-order valence-electron chi connectivity index (χ3n) is 0.886. The lowest BCUT2D eigenvalue weighted by Gasteiger charge is -2.01. The largest absolute Gasteiger partial charge is 0.375 e. The van der Waals surface area contributed by atoms with Gasteiger partial charge in [0.2, 0.25) is 0 Å². The first-order chi connectivity index (χ1) is 4.63. The summed E-state index contributed by atoms with van der Waals surface area (Å²) in [4.78, 5) is 14.3. The van der Waals surface area contributed by atoms with E-state index in [9.17, 15) is 10.1 Å². The van der Waals surface area contributed by atoms with Gasteiger partial charge in [-0.15, -0.1) is 0 Å². The van der Waals surface area contributed by atoms with E-state index in [1.807, 2.05) is 5.59 Å².